The normalized spacial score (nSPS) is 16.4. The van der Waals surface area contributed by atoms with E-state index in [1.54, 1.807) is 46.9 Å². The molecule has 30 heavy (non-hydrogen) atoms. The molecule has 1 saturated heterocycles. The molecule has 0 spiro atoms. The fourth-order valence-electron chi connectivity index (χ4n) is 3.41. The number of carbonyl (C=O) groups is 3. The third-order valence-electron chi connectivity index (χ3n) is 4.84. The number of benzene rings is 1. The predicted molar refractivity (Wildman–Crippen MR) is 111 cm³/mol. The number of esters is 1. The number of ether oxygens (including phenoxy) is 3. The maximum absolute atomic E-state index is 12.7. The van der Waals surface area contributed by atoms with Gasteiger partial charge in [0.2, 0.25) is 11.8 Å². The molecule has 0 saturated carbocycles. The molecular formula is C22H32N2O6. The van der Waals surface area contributed by atoms with Gasteiger partial charge in [0, 0.05) is 26.6 Å². The van der Waals surface area contributed by atoms with Crippen molar-refractivity contribution in [3.63, 3.8) is 0 Å². The topological polar surface area (TPSA) is 85.4 Å². The summed E-state index contributed by atoms with van der Waals surface area (Å²) in [7, 11) is 4.72. The van der Waals surface area contributed by atoms with Gasteiger partial charge in [-0.3, -0.25) is 14.4 Å². The van der Waals surface area contributed by atoms with Crippen LogP contribution in [0.5, 0.6) is 11.5 Å². The van der Waals surface area contributed by atoms with Gasteiger partial charge in [0.25, 0.3) is 0 Å². The molecule has 8 heteroatoms. The van der Waals surface area contributed by atoms with Gasteiger partial charge in [-0.2, -0.15) is 0 Å². The average molecular weight is 421 g/mol. The number of hydrogen-bond acceptors (Lipinski definition) is 6. The Balaban J connectivity index is 1.90. The third kappa shape index (κ3) is 6.37. The minimum Gasteiger partial charge on any atom is -0.493 e. The van der Waals surface area contributed by atoms with Crippen LogP contribution < -0.4 is 9.47 Å². The molecule has 1 aliphatic heterocycles. The molecule has 0 N–H and O–H groups in total. The second-order valence-electron chi connectivity index (χ2n) is 8.46. The lowest BCUT2D eigenvalue weighted by Crippen LogP contribution is -2.40. The van der Waals surface area contributed by atoms with Crippen LogP contribution >= 0.6 is 0 Å². The predicted octanol–water partition coefficient (Wildman–Crippen LogP) is 1.89. The van der Waals surface area contributed by atoms with Gasteiger partial charge < -0.3 is 24.0 Å². The highest BCUT2D eigenvalue weighted by Crippen LogP contribution is 2.28. The quantitative estimate of drug-likeness (QED) is 0.597. The Morgan fingerprint density at radius 1 is 1.17 bits per heavy atom. The van der Waals surface area contributed by atoms with Gasteiger partial charge in [0.05, 0.1) is 20.1 Å². The molecule has 166 valence electrons. The second-order valence-corrected chi connectivity index (χ2v) is 8.46. The molecule has 1 aromatic carbocycles. The highest BCUT2D eigenvalue weighted by molar-refractivity contribution is 5.90. The van der Waals surface area contributed by atoms with E-state index in [9.17, 15) is 14.4 Å². The standard InChI is InChI=1S/C22H32N2O6/c1-22(2,3)30-20(26)14-23(4)21(27)16-12-19(25)24(13-16)10-9-15-7-8-17(28-5)18(11-15)29-6/h7-8,11,16H,9-10,12-14H2,1-6H3. The van der Waals surface area contributed by atoms with Crippen LogP contribution in [0.25, 0.3) is 0 Å². The van der Waals surface area contributed by atoms with Gasteiger partial charge >= 0.3 is 5.97 Å². The highest BCUT2D eigenvalue weighted by Gasteiger charge is 2.36. The number of amides is 2. The zero-order chi connectivity index (χ0) is 22.5. The van der Waals surface area contributed by atoms with Crippen molar-refractivity contribution in [1.29, 1.82) is 0 Å². The first-order chi connectivity index (χ1) is 14.0. The van der Waals surface area contributed by atoms with Crippen LogP contribution in [0.1, 0.15) is 32.8 Å². The van der Waals surface area contributed by atoms with E-state index in [2.05, 4.69) is 0 Å². The van der Waals surface area contributed by atoms with E-state index in [0.29, 0.717) is 31.0 Å². The first-order valence-electron chi connectivity index (χ1n) is 9.99. The van der Waals surface area contributed by atoms with Gasteiger partial charge in [-0.15, -0.1) is 0 Å². The summed E-state index contributed by atoms with van der Waals surface area (Å²) in [5.41, 5.74) is 0.405. The minimum atomic E-state index is -0.606. The van der Waals surface area contributed by atoms with E-state index in [0.717, 1.165) is 5.56 Å². The summed E-state index contributed by atoms with van der Waals surface area (Å²) in [6.45, 7) is 6.06. The average Bonchev–Trinajstić information content (AvgIpc) is 3.04. The van der Waals surface area contributed by atoms with E-state index in [4.69, 9.17) is 14.2 Å². The molecule has 2 amide bonds. The van der Waals surface area contributed by atoms with Crippen LogP contribution in [0.3, 0.4) is 0 Å². The lowest BCUT2D eigenvalue weighted by atomic mass is 10.1. The Bertz CT molecular complexity index is 786. The van der Waals surface area contributed by atoms with Crippen LogP contribution in [-0.4, -0.2) is 74.1 Å². The van der Waals surface area contributed by atoms with Crippen LogP contribution in [0.4, 0.5) is 0 Å². The van der Waals surface area contributed by atoms with Crippen molar-refractivity contribution in [1.82, 2.24) is 9.80 Å². The number of carbonyl (C=O) groups excluding carboxylic acids is 3. The minimum absolute atomic E-state index is 0.0560. The first-order valence-corrected chi connectivity index (χ1v) is 9.99. The lowest BCUT2D eigenvalue weighted by Gasteiger charge is -2.24. The summed E-state index contributed by atoms with van der Waals surface area (Å²) in [6, 6.07) is 5.65. The number of rotatable bonds is 8. The fourth-order valence-corrected chi connectivity index (χ4v) is 3.41. The second kappa shape index (κ2) is 9.82. The molecule has 0 aliphatic carbocycles. The van der Waals surface area contributed by atoms with Crippen molar-refractivity contribution in [2.24, 2.45) is 5.92 Å². The zero-order valence-electron chi connectivity index (χ0n) is 18.7. The van der Waals surface area contributed by atoms with E-state index < -0.39 is 17.5 Å². The van der Waals surface area contributed by atoms with Gasteiger partial charge in [-0.25, -0.2) is 0 Å². The number of nitrogens with zero attached hydrogens (tertiary/aromatic N) is 2. The van der Waals surface area contributed by atoms with Crippen molar-refractivity contribution in [3.05, 3.63) is 23.8 Å². The summed E-state index contributed by atoms with van der Waals surface area (Å²) in [4.78, 5) is 40.1. The SMILES string of the molecule is COc1ccc(CCN2CC(C(=O)N(C)CC(=O)OC(C)(C)C)CC2=O)cc1OC. The molecule has 2 rings (SSSR count). The summed E-state index contributed by atoms with van der Waals surface area (Å²) >= 11 is 0. The molecule has 0 aromatic heterocycles. The Kier molecular flexibility index (Phi) is 7.70. The lowest BCUT2D eigenvalue weighted by molar-refractivity contribution is -0.158. The van der Waals surface area contributed by atoms with Crippen LogP contribution in [0, 0.1) is 5.92 Å². The molecule has 1 unspecified atom stereocenters. The largest absolute Gasteiger partial charge is 0.493 e. The van der Waals surface area contributed by atoms with E-state index >= 15 is 0 Å². The number of likely N-dealkylation sites (tertiary alicyclic amines) is 1. The van der Waals surface area contributed by atoms with E-state index in [1.165, 1.54) is 4.90 Å². The molecule has 1 fully saturated rings. The van der Waals surface area contributed by atoms with Crippen molar-refractivity contribution < 1.29 is 28.6 Å². The fraction of sp³-hybridized carbons (Fsp3) is 0.591. The molecule has 0 radical (unpaired) electrons. The maximum Gasteiger partial charge on any atom is 0.326 e. The third-order valence-corrected chi connectivity index (χ3v) is 4.84. The summed E-state index contributed by atoms with van der Waals surface area (Å²) in [5.74, 6) is 0.0994. The van der Waals surface area contributed by atoms with E-state index in [1.807, 2.05) is 18.2 Å². The van der Waals surface area contributed by atoms with Crippen molar-refractivity contribution >= 4 is 17.8 Å². The molecular weight excluding hydrogens is 388 g/mol. The van der Waals surface area contributed by atoms with Gasteiger partial charge in [-0.1, -0.05) is 6.07 Å². The summed E-state index contributed by atoms with van der Waals surface area (Å²) < 4.78 is 15.8. The van der Waals surface area contributed by atoms with Gasteiger partial charge in [-0.05, 0) is 44.9 Å². The number of methoxy groups -OCH3 is 2. The van der Waals surface area contributed by atoms with Gasteiger partial charge in [0.1, 0.15) is 12.1 Å². The zero-order valence-corrected chi connectivity index (χ0v) is 18.7. The Morgan fingerprint density at radius 3 is 2.43 bits per heavy atom. The van der Waals surface area contributed by atoms with Gasteiger partial charge in [0.15, 0.2) is 11.5 Å². The molecule has 1 atom stereocenters. The summed E-state index contributed by atoms with van der Waals surface area (Å²) in [5, 5.41) is 0. The number of likely N-dealkylation sites (N-methyl/N-ethyl adjacent to an activating group) is 1. The van der Waals surface area contributed by atoms with Crippen molar-refractivity contribution in [2.45, 2.75) is 39.2 Å². The Labute approximate surface area is 178 Å². The monoisotopic (exact) mass is 420 g/mol. The molecule has 0 bridgehead atoms. The smallest absolute Gasteiger partial charge is 0.326 e. The van der Waals surface area contributed by atoms with Crippen LogP contribution in [-0.2, 0) is 25.5 Å². The molecule has 8 nitrogen and oxygen atoms in total. The van der Waals surface area contributed by atoms with Crippen LogP contribution in [0.15, 0.2) is 18.2 Å². The Hall–Kier alpha value is -2.77. The Morgan fingerprint density at radius 2 is 1.83 bits per heavy atom. The van der Waals surface area contributed by atoms with E-state index in [-0.39, 0.29) is 24.8 Å². The van der Waals surface area contributed by atoms with Crippen molar-refractivity contribution in [3.8, 4) is 11.5 Å². The molecule has 1 heterocycles. The van der Waals surface area contributed by atoms with Crippen LogP contribution in [0.2, 0.25) is 0 Å². The molecule has 1 aromatic rings. The first kappa shape index (κ1) is 23.5. The number of hydrogen-bond donors (Lipinski definition) is 0. The molecule has 1 aliphatic rings. The van der Waals surface area contributed by atoms with Crippen molar-refractivity contribution in [2.75, 3.05) is 40.9 Å². The maximum atomic E-state index is 12.7. The highest BCUT2D eigenvalue weighted by atomic mass is 16.6. The summed E-state index contributed by atoms with van der Waals surface area (Å²) in [6.07, 6.45) is 0.796.